The quantitative estimate of drug-likeness (QED) is 0.790. The van der Waals surface area contributed by atoms with Gasteiger partial charge in [0, 0.05) is 12.4 Å². The van der Waals surface area contributed by atoms with Crippen molar-refractivity contribution in [1.82, 2.24) is 9.97 Å². The molecule has 2 aromatic rings. The molecule has 4 nitrogen and oxygen atoms in total. The molecular formula is C11H11N3OS. The summed E-state index contributed by atoms with van der Waals surface area (Å²) < 4.78 is 0. The molecule has 0 bridgehead atoms. The number of imidazole rings is 1. The topological polar surface area (TPSA) is 71.8 Å². The number of carbonyl (C=O) groups excluding carboxylic acids is 1. The summed E-state index contributed by atoms with van der Waals surface area (Å²) in [6.45, 7) is 0. The summed E-state index contributed by atoms with van der Waals surface area (Å²) >= 11 is 1.32. The van der Waals surface area contributed by atoms with Crippen LogP contribution in [0.2, 0.25) is 0 Å². The molecule has 1 aromatic heterocycles. The Kier molecular flexibility index (Phi) is 3.26. The van der Waals surface area contributed by atoms with E-state index in [9.17, 15) is 4.79 Å². The minimum absolute atomic E-state index is 0.368. The van der Waals surface area contributed by atoms with Crippen molar-refractivity contribution in [2.75, 3.05) is 0 Å². The van der Waals surface area contributed by atoms with Crippen LogP contribution in [0.25, 0.3) is 0 Å². The predicted octanol–water partition coefficient (Wildman–Crippen LogP) is 1.73. The maximum atomic E-state index is 11.4. The highest BCUT2D eigenvalue weighted by molar-refractivity contribution is 8.00. The summed E-state index contributed by atoms with van der Waals surface area (Å²) in [5.74, 6) is -0.368. The van der Waals surface area contributed by atoms with Crippen LogP contribution in [0.4, 0.5) is 0 Å². The van der Waals surface area contributed by atoms with Crippen LogP contribution >= 0.6 is 11.8 Å². The van der Waals surface area contributed by atoms with Crippen molar-refractivity contribution >= 4 is 17.7 Å². The number of benzene rings is 1. The van der Waals surface area contributed by atoms with Crippen LogP contribution in [-0.2, 0) is 4.79 Å². The van der Waals surface area contributed by atoms with Crippen LogP contribution in [0.3, 0.4) is 0 Å². The smallest absolute Gasteiger partial charge is 0.235 e. The number of thioether (sulfide) groups is 1. The zero-order chi connectivity index (χ0) is 11.4. The van der Waals surface area contributed by atoms with Gasteiger partial charge in [-0.15, -0.1) is 0 Å². The molecule has 1 unspecified atom stereocenters. The number of nitrogens with one attached hydrogen (secondary N) is 1. The van der Waals surface area contributed by atoms with E-state index in [4.69, 9.17) is 5.73 Å². The Balaban J connectivity index is 2.22. The highest BCUT2D eigenvalue weighted by Crippen LogP contribution is 2.32. The Bertz CT molecular complexity index is 455. The zero-order valence-electron chi connectivity index (χ0n) is 8.46. The Morgan fingerprint density at radius 3 is 2.69 bits per heavy atom. The maximum Gasteiger partial charge on any atom is 0.235 e. The van der Waals surface area contributed by atoms with E-state index in [2.05, 4.69) is 9.97 Å². The molecule has 16 heavy (non-hydrogen) atoms. The van der Waals surface area contributed by atoms with Crippen LogP contribution in [-0.4, -0.2) is 15.9 Å². The molecule has 3 N–H and O–H groups in total. The number of aromatic amines is 1. The third-order valence-electron chi connectivity index (χ3n) is 2.06. The van der Waals surface area contributed by atoms with Gasteiger partial charge in [-0.3, -0.25) is 4.79 Å². The first-order valence-corrected chi connectivity index (χ1v) is 5.65. The number of hydrogen-bond acceptors (Lipinski definition) is 3. The zero-order valence-corrected chi connectivity index (χ0v) is 9.28. The van der Waals surface area contributed by atoms with Gasteiger partial charge in [0.15, 0.2) is 5.16 Å². The molecule has 0 radical (unpaired) electrons. The molecule has 0 saturated heterocycles. The standard InChI is InChI=1S/C11H11N3OS/c12-10(15)9(8-4-2-1-3-5-8)16-11-13-6-7-14-11/h1-7,9H,(H2,12,15)(H,13,14). The number of carbonyl (C=O) groups is 1. The molecule has 0 aliphatic carbocycles. The second kappa shape index (κ2) is 4.85. The predicted molar refractivity (Wildman–Crippen MR) is 62.8 cm³/mol. The lowest BCUT2D eigenvalue weighted by atomic mass is 10.1. The van der Waals surface area contributed by atoms with Crippen molar-refractivity contribution in [3.63, 3.8) is 0 Å². The molecule has 0 spiro atoms. The number of hydrogen-bond donors (Lipinski definition) is 2. The van der Waals surface area contributed by atoms with Gasteiger partial charge in [-0.05, 0) is 5.56 Å². The summed E-state index contributed by atoms with van der Waals surface area (Å²) in [4.78, 5) is 18.4. The van der Waals surface area contributed by atoms with E-state index < -0.39 is 5.25 Å². The molecule has 2 rings (SSSR count). The first kappa shape index (κ1) is 10.8. The fraction of sp³-hybridized carbons (Fsp3) is 0.0909. The van der Waals surface area contributed by atoms with E-state index in [-0.39, 0.29) is 5.91 Å². The Morgan fingerprint density at radius 1 is 1.38 bits per heavy atom. The third-order valence-corrected chi connectivity index (χ3v) is 3.25. The van der Waals surface area contributed by atoms with Crippen LogP contribution in [0, 0.1) is 0 Å². The van der Waals surface area contributed by atoms with Crippen molar-refractivity contribution in [3.05, 3.63) is 48.3 Å². The monoisotopic (exact) mass is 233 g/mol. The van der Waals surface area contributed by atoms with E-state index in [1.54, 1.807) is 12.4 Å². The molecule has 1 heterocycles. The van der Waals surface area contributed by atoms with Gasteiger partial charge in [-0.25, -0.2) is 4.98 Å². The molecule has 0 aliphatic rings. The number of rotatable bonds is 4. The highest BCUT2D eigenvalue weighted by atomic mass is 32.2. The van der Waals surface area contributed by atoms with Crippen molar-refractivity contribution in [2.45, 2.75) is 10.4 Å². The summed E-state index contributed by atoms with van der Waals surface area (Å²) in [5, 5.41) is 0.278. The van der Waals surface area contributed by atoms with E-state index in [1.807, 2.05) is 30.3 Å². The number of H-pyrrole nitrogens is 1. The summed E-state index contributed by atoms with van der Waals surface area (Å²) in [5.41, 5.74) is 6.27. The van der Waals surface area contributed by atoms with E-state index in [0.29, 0.717) is 5.16 Å². The van der Waals surface area contributed by atoms with Crippen LogP contribution < -0.4 is 5.73 Å². The minimum atomic E-state index is -0.410. The van der Waals surface area contributed by atoms with Gasteiger partial charge in [-0.1, -0.05) is 42.1 Å². The van der Waals surface area contributed by atoms with Gasteiger partial charge >= 0.3 is 0 Å². The van der Waals surface area contributed by atoms with E-state index in [0.717, 1.165) is 5.56 Å². The Hall–Kier alpha value is -1.75. The first-order chi connectivity index (χ1) is 7.77. The summed E-state index contributed by atoms with van der Waals surface area (Å²) in [6, 6.07) is 9.43. The number of nitrogens with zero attached hydrogens (tertiary/aromatic N) is 1. The normalized spacial score (nSPS) is 12.2. The second-order valence-corrected chi connectivity index (χ2v) is 4.30. The van der Waals surface area contributed by atoms with Crippen molar-refractivity contribution < 1.29 is 4.79 Å². The van der Waals surface area contributed by atoms with Crippen LogP contribution in [0.1, 0.15) is 10.8 Å². The summed E-state index contributed by atoms with van der Waals surface area (Å²) in [6.07, 6.45) is 3.36. The molecule has 1 atom stereocenters. The van der Waals surface area contributed by atoms with Gasteiger partial charge in [-0.2, -0.15) is 0 Å². The van der Waals surface area contributed by atoms with Gasteiger partial charge in [0.2, 0.25) is 5.91 Å². The lowest BCUT2D eigenvalue weighted by molar-refractivity contribution is -0.117. The molecular weight excluding hydrogens is 222 g/mol. The third kappa shape index (κ3) is 2.43. The van der Waals surface area contributed by atoms with Crippen molar-refractivity contribution in [2.24, 2.45) is 5.73 Å². The highest BCUT2D eigenvalue weighted by Gasteiger charge is 2.19. The Labute approximate surface area is 97.3 Å². The minimum Gasteiger partial charge on any atom is -0.368 e. The fourth-order valence-corrected chi connectivity index (χ4v) is 2.24. The van der Waals surface area contributed by atoms with Gasteiger partial charge in [0.25, 0.3) is 0 Å². The average Bonchev–Trinajstić information content (AvgIpc) is 2.79. The van der Waals surface area contributed by atoms with Crippen LogP contribution in [0.5, 0.6) is 0 Å². The number of nitrogens with two attached hydrogens (primary N) is 1. The molecule has 0 aliphatic heterocycles. The first-order valence-electron chi connectivity index (χ1n) is 4.77. The van der Waals surface area contributed by atoms with Gasteiger partial charge < -0.3 is 10.7 Å². The second-order valence-electron chi connectivity index (χ2n) is 3.21. The van der Waals surface area contributed by atoms with Gasteiger partial charge in [0.05, 0.1) is 0 Å². The average molecular weight is 233 g/mol. The molecule has 0 saturated carbocycles. The molecule has 1 amide bonds. The maximum absolute atomic E-state index is 11.4. The van der Waals surface area contributed by atoms with E-state index in [1.165, 1.54) is 11.8 Å². The SMILES string of the molecule is NC(=O)C(Sc1ncc[nH]1)c1ccccc1. The van der Waals surface area contributed by atoms with Crippen molar-refractivity contribution in [3.8, 4) is 0 Å². The largest absolute Gasteiger partial charge is 0.368 e. The molecule has 5 heteroatoms. The molecule has 82 valence electrons. The lowest BCUT2D eigenvalue weighted by Crippen LogP contribution is -2.18. The summed E-state index contributed by atoms with van der Waals surface area (Å²) in [7, 11) is 0. The molecule has 0 fully saturated rings. The number of aromatic nitrogens is 2. The van der Waals surface area contributed by atoms with Crippen molar-refractivity contribution in [1.29, 1.82) is 0 Å². The Morgan fingerprint density at radius 2 is 2.12 bits per heavy atom. The van der Waals surface area contributed by atoms with Gasteiger partial charge in [0.1, 0.15) is 5.25 Å². The fourth-order valence-electron chi connectivity index (χ4n) is 1.35. The number of amides is 1. The molecule has 1 aromatic carbocycles. The number of primary amides is 1. The van der Waals surface area contributed by atoms with Crippen LogP contribution in [0.15, 0.2) is 47.9 Å². The van der Waals surface area contributed by atoms with E-state index >= 15 is 0 Å². The lowest BCUT2D eigenvalue weighted by Gasteiger charge is -2.11.